The lowest BCUT2D eigenvalue weighted by atomic mass is 10.1. The smallest absolute Gasteiger partial charge is 0.263 e. The number of hydrogen-bond acceptors (Lipinski definition) is 6. The molecular formula is C15H22N6OS. The second-order valence-corrected chi connectivity index (χ2v) is 6.66. The molecule has 1 saturated heterocycles. The number of thiazole rings is 1. The standard InChI is InChI=1S/C15H22N6OS/c1-3-16-14-18-10-12(23-14)13(22)19-11-4-7-21(8-5-11)15-17-6-9-20(15)2/h6,9-11H,3-5,7-8H2,1-2H3,(H,16,18)(H,19,22). The average Bonchev–Trinajstić information content (AvgIpc) is 3.18. The highest BCUT2D eigenvalue weighted by atomic mass is 32.1. The molecule has 0 radical (unpaired) electrons. The van der Waals surface area contributed by atoms with Gasteiger partial charge in [-0.15, -0.1) is 0 Å². The zero-order valence-corrected chi connectivity index (χ0v) is 14.3. The number of rotatable bonds is 5. The van der Waals surface area contributed by atoms with Gasteiger partial charge in [0.25, 0.3) is 5.91 Å². The number of amides is 1. The first-order chi connectivity index (χ1) is 11.2. The number of aryl methyl sites for hydroxylation is 1. The SMILES string of the molecule is CCNc1ncc(C(=O)NC2CCN(c3nccn3C)CC2)s1. The molecule has 7 nitrogen and oxygen atoms in total. The Kier molecular flexibility index (Phi) is 4.80. The number of aromatic nitrogens is 3. The molecule has 2 aromatic heterocycles. The van der Waals surface area contributed by atoms with E-state index in [1.807, 2.05) is 30.9 Å². The molecule has 1 aliphatic heterocycles. The zero-order chi connectivity index (χ0) is 16.2. The fourth-order valence-corrected chi connectivity index (χ4v) is 3.54. The first-order valence-electron chi connectivity index (χ1n) is 7.90. The van der Waals surface area contributed by atoms with Gasteiger partial charge in [0, 0.05) is 45.1 Å². The van der Waals surface area contributed by atoms with Crippen molar-refractivity contribution >= 4 is 28.3 Å². The van der Waals surface area contributed by atoms with Crippen LogP contribution in [0.25, 0.3) is 0 Å². The molecule has 1 amide bonds. The summed E-state index contributed by atoms with van der Waals surface area (Å²) in [5, 5.41) is 7.04. The summed E-state index contributed by atoms with van der Waals surface area (Å²) in [4.78, 5) is 23.8. The van der Waals surface area contributed by atoms with E-state index in [1.165, 1.54) is 11.3 Å². The third-order valence-electron chi connectivity index (χ3n) is 3.97. The quantitative estimate of drug-likeness (QED) is 0.871. The van der Waals surface area contributed by atoms with Crippen molar-refractivity contribution in [3.8, 4) is 0 Å². The fraction of sp³-hybridized carbons (Fsp3) is 0.533. The van der Waals surface area contributed by atoms with E-state index in [0.29, 0.717) is 4.88 Å². The predicted octanol–water partition coefficient (Wildman–Crippen LogP) is 1.71. The molecule has 0 aromatic carbocycles. The van der Waals surface area contributed by atoms with Crippen LogP contribution in [0.2, 0.25) is 0 Å². The summed E-state index contributed by atoms with van der Waals surface area (Å²) in [5.41, 5.74) is 0. The van der Waals surface area contributed by atoms with Crippen LogP contribution < -0.4 is 15.5 Å². The van der Waals surface area contributed by atoms with Crippen LogP contribution in [0.15, 0.2) is 18.6 Å². The Morgan fingerprint density at radius 3 is 2.83 bits per heavy atom. The van der Waals surface area contributed by atoms with Crippen molar-refractivity contribution in [3.63, 3.8) is 0 Å². The van der Waals surface area contributed by atoms with E-state index in [-0.39, 0.29) is 11.9 Å². The molecule has 0 spiro atoms. The molecule has 124 valence electrons. The van der Waals surface area contributed by atoms with Crippen LogP contribution >= 0.6 is 11.3 Å². The zero-order valence-electron chi connectivity index (χ0n) is 13.5. The predicted molar refractivity (Wildman–Crippen MR) is 92.2 cm³/mol. The summed E-state index contributed by atoms with van der Waals surface area (Å²) < 4.78 is 2.03. The van der Waals surface area contributed by atoms with Gasteiger partial charge in [0.05, 0.1) is 6.20 Å². The molecule has 0 saturated carbocycles. The molecule has 23 heavy (non-hydrogen) atoms. The highest BCUT2D eigenvalue weighted by Gasteiger charge is 2.23. The third-order valence-corrected chi connectivity index (χ3v) is 4.92. The van der Waals surface area contributed by atoms with Gasteiger partial charge in [0.1, 0.15) is 4.88 Å². The van der Waals surface area contributed by atoms with Crippen molar-refractivity contribution < 1.29 is 4.79 Å². The van der Waals surface area contributed by atoms with Gasteiger partial charge in [-0.3, -0.25) is 4.79 Å². The molecule has 2 N–H and O–H groups in total. The summed E-state index contributed by atoms with van der Waals surface area (Å²) in [6.45, 7) is 4.62. The van der Waals surface area contributed by atoms with Crippen LogP contribution in [0.5, 0.6) is 0 Å². The molecule has 0 atom stereocenters. The first-order valence-corrected chi connectivity index (χ1v) is 8.72. The minimum atomic E-state index is -0.0258. The van der Waals surface area contributed by atoms with Gasteiger partial charge in [0.15, 0.2) is 5.13 Å². The number of nitrogens with zero attached hydrogens (tertiary/aromatic N) is 4. The monoisotopic (exact) mass is 334 g/mol. The van der Waals surface area contributed by atoms with Gasteiger partial charge >= 0.3 is 0 Å². The minimum absolute atomic E-state index is 0.0258. The molecule has 3 rings (SSSR count). The lowest BCUT2D eigenvalue weighted by Gasteiger charge is -2.32. The molecular weight excluding hydrogens is 312 g/mol. The van der Waals surface area contributed by atoms with Crippen molar-refractivity contribution in [1.29, 1.82) is 0 Å². The molecule has 3 heterocycles. The van der Waals surface area contributed by atoms with Crippen LogP contribution in [-0.4, -0.2) is 46.1 Å². The Hall–Kier alpha value is -2.09. The topological polar surface area (TPSA) is 75.1 Å². The van der Waals surface area contributed by atoms with Gasteiger partial charge < -0.3 is 20.1 Å². The van der Waals surface area contributed by atoms with E-state index < -0.39 is 0 Å². The maximum atomic E-state index is 12.3. The number of piperidine rings is 1. The van der Waals surface area contributed by atoms with Crippen LogP contribution in [0.3, 0.4) is 0 Å². The average molecular weight is 334 g/mol. The van der Waals surface area contributed by atoms with Crippen LogP contribution in [0.4, 0.5) is 11.1 Å². The largest absolute Gasteiger partial charge is 0.362 e. The van der Waals surface area contributed by atoms with Crippen LogP contribution in [0.1, 0.15) is 29.4 Å². The second-order valence-electron chi connectivity index (χ2n) is 5.63. The molecule has 8 heteroatoms. The van der Waals surface area contributed by atoms with Gasteiger partial charge in [-0.1, -0.05) is 11.3 Å². The number of carbonyl (C=O) groups excluding carboxylic acids is 1. The van der Waals surface area contributed by atoms with E-state index >= 15 is 0 Å². The van der Waals surface area contributed by atoms with Crippen molar-refractivity contribution in [3.05, 3.63) is 23.5 Å². The first kappa shape index (κ1) is 15.8. The Bertz CT molecular complexity index is 658. The Morgan fingerprint density at radius 1 is 1.39 bits per heavy atom. The Balaban J connectivity index is 1.52. The van der Waals surface area contributed by atoms with E-state index in [9.17, 15) is 4.79 Å². The van der Waals surface area contributed by atoms with E-state index in [4.69, 9.17) is 0 Å². The van der Waals surface area contributed by atoms with Crippen molar-refractivity contribution in [2.45, 2.75) is 25.8 Å². The molecule has 1 aliphatic rings. The number of hydrogen-bond donors (Lipinski definition) is 2. The van der Waals surface area contributed by atoms with Crippen molar-refractivity contribution in [1.82, 2.24) is 19.9 Å². The van der Waals surface area contributed by atoms with E-state index in [2.05, 4.69) is 25.5 Å². The third kappa shape index (κ3) is 3.64. The van der Waals surface area contributed by atoms with Crippen molar-refractivity contribution in [2.75, 3.05) is 29.9 Å². The van der Waals surface area contributed by atoms with E-state index in [1.54, 1.807) is 6.20 Å². The maximum Gasteiger partial charge on any atom is 0.263 e. The summed E-state index contributed by atoms with van der Waals surface area (Å²) in [7, 11) is 2.00. The lowest BCUT2D eigenvalue weighted by Crippen LogP contribution is -2.45. The molecule has 0 aliphatic carbocycles. The van der Waals surface area contributed by atoms with Crippen LogP contribution in [0, 0.1) is 0 Å². The number of carbonyl (C=O) groups is 1. The normalized spacial score (nSPS) is 15.7. The van der Waals surface area contributed by atoms with Gasteiger partial charge in [-0.05, 0) is 19.8 Å². The minimum Gasteiger partial charge on any atom is -0.362 e. The lowest BCUT2D eigenvalue weighted by molar-refractivity contribution is 0.0935. The molecule has 0 unspecified atom stereocenters. The summed E-state index contributed by atoms with van der Waals surface area (Å²) >= 11 is 1.40. The summed E-state index contributed by atoms with van der Waals surface area (Å²) in [6.07, 6.45) is 7.26. The van der Waals surface area contributed by atoms with Crippen LogP contribution in [-0.2, 0) is 7.05 Å². The summed E-state index contributed by atoms with van der Waals surface area (Å²) in [5.74, 6) is 0.967. The Morgan fingerprint density at radius 2 is 2.17 bits per heavy atom. The number of anilines is 2. The highest BCUT2D eigenvalue weighted by molar-refractivity contribution is 7.17. The van der Waals surface area contributed by atoms with Gasteiger partial charge in [-0.2, -0.15) is 0 Å². The van der Waals surface area contributed by atoms with E-state index in [0.717, 1.165) is 43.6 Å². The van der Waals surface area contributed by atoms with Gasteiger partial charge in [0.2, 0.25) is 5.95 Å². The molecule has 0 bridgehead atoms. The molecule has 2 aromatic rings. The van der Waals surface area contributed by atoms with Gasteiger partial charge in [-0.25, -0.2) is 9.97 Å². The molecule has 1 fully saturated rings. The fourth-order valence-electron chi connectivity index (χ4n) is 2.75. The number of imidazole rings is 1. The maximum absolute atomic E-state index is 12.3. The highest BCUT2D eigenvalue weighted by Crippen LogP contribution is 2.20. The van der Waals surface area contributed by atoms with Crippen molar-refractivity contribution in [2.24, 2.45) is 7.05 Å². The summed E-state index contributed by atoms with van der Waals surface area (Å²) in [6, 6.07) is 0.212. The second kappa shape index (κ2) is 6.99. The number of nitrogens with one attached hydrogen (secondary N) is 2. The Labute approximate surface area is 139 Å².